The van der Waals surface area contributed by atoms with E-state index in [0.717, 1.165) is 19.3 Å². The van der Waals surface area contributed by atoms with E-state index in [0.29, 0.717) is 12.4 Å². The molecule has 0 radical (unpaired) electrons. The maximum absolute atomic E-state index is 6.14. The van der Waals surface area contributed by atoms with Gasteiger partial charge in [0, 0.05) is 17.4 Å². The van der Waals surface area contributed by atoms with E-state index in [4.69, 9.17) is 5.73 Å². The van der Waals surface area contributed by atoms with Crippen LogP contribution in [-0.4, -0.2) is 25.2 Å². The van der Waals surface area contributed by atoms with Gasteiger partial charge in [0.25, 0.3) is 0 Å². The molecule has 2 aromatic heterocycles. The van der Waals surface area contributed by atoms with Crippen molar-refractivity contribution in [3.63, 3.8) is 0 Å². The number of aryl methyl sites for hydroxylation is 1. The Morgan fingerprint density at radius 2 is 2.47 bits per heavy atom. The summed E-state index contributed by atoms with van der Waals surface area (Å²) in [5, 5.41) is 14.1. The highest BCUT2D eigenvalue weighted by atomic mass is 15.5. The smallest absolute Gasteiger partial charge is 0.194 e. The number of nitrogens with zero attached hydrogens (tertiary/aromatic N) is 4. The van der Waals surface area contributed by atoms with Crippen molar-refractivity contribution in [2.24, 2.45) is 5.73 Å². The van der Waals surface area contributed by atoms with Crippen LogP contribution < -0.4 is 5.73 Å². The van der Waals surface area contributed by atoms with Gasteiger partial charge in [-0.05, 0) is 37.8 Å². The molecule has 1 unspecified atom stereocenters. The maximum Gasteiger partial charge on any atom is 0.194 e. The van der Waals surface area contributed by atoms with Crippen LogP contribution in [0.1, 0.15) is 41.7 Å². The van der Waals surface area contributed by atoms with E-state index in [1.807, 2.05) is 0 Å². The summed E-state index contributed by atoms with van der Waals surface area (Å²) >= 11 is 0. The average Bonchev–Trinajstić information content (AvgIpc) is 2.91. The molecule has 0 aliphatic heterocycles. The van der Waals surface area contributed by atoms with Crippen LogP contribution >= 0.6 is 0 Å². The Kier molecular flexibility index (Phi) is 2.44. The minimum atomic E-state index is 0.184. The summed E-state index contributed by atoms with van der Waals surface area (Å²) in [5.74, 6) is 0.714. The van der Waals surface area contributed by atoms with Crippen LogP contribution in [0.5, 0.6) is 0 Å². The molecule has 2 aromatic rings. The fourth-order valence-corrected chi connectivity index (χ4v) is 2.61. The Morgan fingerprint density at radius 3 is 3.24 bits per heavy atom. The van der Waals surface area contributed by atoms with Crippen molar-refractivity contribution in [2.45, 2.75) is 38.8 Å². The monoisotopic (exact) mass is 232 g/mol. The van der Waals surface area contributed by atoms with Crippen LogP contribution in [0.4, 0.5) is 0 Å². The second-order valence-corrected chi connectivity index (χ2v) is 4.60. The lowest BCUT2D eigenvalue weighted by Gasteiger charge is -2.20. The van der Waals surface area contributed by atoms with Gasteiger partial charge in [0.05, 0.1) is 6.54 Å². The van der Waals surface area contributed by atoms with Crippen LogP contribution in [0.15, 0.2) is 6.07 Å². The Morgan fingerprint density at radius 1 is 1.59 bits per heavy atom. The van der Waals surface area contributed by atoms with Gasteiger partial charge in [0.15, 0.2) is 5.82 Å². The number of aromatic amines is 1. The van der Waals surface area contributed by atoms with Crippen LogP contribution in [0, 0.1) is 6.92 Å². The molecule has 1 aliphatic rings. The number of hydrogen-bond donors (Lipinski definition) is 2. The number of nitrogens with two attached hydrogens (primary N) is 1. The minimum absolute atomic E-state index is 0.184. The third kappa shape index (κ3) is 1.74. The zero-order valence-electron chi connectivity index (χ0n) is 9.85. The molecular formula is C11H16N6. The highest BCUT2D eigenvalue weighted by Gasteiger charge is 2.22. The van der Waals surface area contributed by atoms with Crippen molar-refractivity contribution in [3.8, 4) is 0 Å². The molecule has 90 valence electrons. The fourth-order valence-electron chi connectivity index (χ4n) is 2.61. The zero-order chi connectivity index (χ0) is 11.8. The number of nitrogens with one attached hydrogen (secondary N) is 1. The summed E-state index contributed by atoms with van der Waals surface area (Å²) in [6.07, 6.45) is 3.33. The van der Waals surface area contributed by atoms with Crippen molar-refractivity contribution in [3.05, 3.63) is 28.8 Å². The first kappa shape index (κ1) is 10.5. The third-order valence-electron chi connectivity index (χ3n) is 3.47. The summed E-state index contributed by atoms with van der Waals surface area (Å²) < 4.78 is 2.25. The van der Waals surface area contributed by atoms with Gasteiger partial charge in [0.1, 0.15) is 0 Å². The van der Waals surface area contributed by atoms with Crippen molar-refractivity contribution in [1.29, 1.82) is 0 Å². The lowest BCUT2D eigenvalue weighted by Crippen LogP contribution is -2.18. The lowest BCUT2D eigenvalue weighted by atomic mass is 9.93. The van der Waals surface area contributed by atoms with Crippen LogP contribution in [-0.2, 0) is 13.0 Å². The Balaban J connectivity index is 1.99. The molecule has 0 fully saturated rings. The average molecular weight is 232 g/mol. The van der Waals surface area contributed by atoms with Gasteiger partial charge in [-0.1, -0.05) is 5.21 Å². The molecule has 2 heterocycles. The van der Waals surface area contributed by atoms with Crippen LogP contribution in [0.3, 0.4) is 0 Å². The van der Waals surface area contributed by atoms with E-state index < -0.39 is 0 Å². The Bertz CT molecular complexity index is 512. The first-order valence-electron chi connectivity index (χ1n) is 5.92. The van der Waals surface area contributed by atoms with Crippen LogP contribution in [0.25, 0.3) is 0 Å². The molecule has 3 N–H and O–H groups in total. The molecule has 6 nitrogen and oxygen atoms in total. The van der Waals surface area contributed by atoms with Gasteiger partial charge < -0.3 is 10.3 Å². The molecule has 0 bridgehead atoms. The number of H-pyrrole nitrogens is 1. The zero-order valence-corrected chi connectivity index (χ0v) is 9.85. The molecule has 0 saturated heterocycles. The number of tetrazole rings is 1. The first-order valence-corrected chi connectivity index (χ1v) is 5.92. The van der Waals surface area contributed by atoms with Gasteiger partial charge in [-0.2, -0.15) is 5.21 Å². The molecule has 0 amide bonds. The standard InChI is InChI=1S/C11H16N6/c1-7-5-8-9(12)3-2-4-10(8)17(7)6-11-13-15-16-14-11/h5,9H,2-4,6,12H2,1H3,(H,13,14,15,16). The molecule has 0 spiro atoms. The fraction of sp³-hybridized carbons (Fsp3) is 0.545. The van der Waals surface area contributed by atoms with E-state index in [1.54, 1.807) is 0 Å². The normalized spacial score (nSPS) is 19.3. The van der Waals surface area contributed by atoms with E-state index >= 15 is 0 Å². The SMILES string of the molecule is Cc1cc2c(n1Cc1nn[nH]n1)CCCC2N. The molecule has 1 aliphatic carbocycles. The third-order valence-corrected chi connectivity index (χ3v) is 3.47. The maximum atomic E-state index is 6.14. The van der Waals surface area contributed by atoms with Gasteiger partial charge in [0.2, 0.25) is 0 Å². The molecule has 1 atom stereocenters. The molecular weight excluding hydrogens is 216 g/mol. The Labute approximate surface area is 99.2 Å². The van der Waals surface area contributed by atoms with Crippen molar-refractivity contribution in [1.82, 2.24) is 25.2 Å². The van der Waals surface area contributed by atoms with Gasteiger partial charge >= 0.3 is 0 Å². The summed E-state index contributed by atoms with van der Waals surface area (Å²) in [7, 11) is 0. The second kappa shape index (κ2) is 3.96. The van der Waals surface area contributed by atoms with Gasteiger partial charge in [-0.3, -0.25) is 0 Å². The van der Waals surface area contributed by atoms with E-state index in [-0.39, 0.29) is 6.04 Å². The largest absolute Gasteiger partial charge is 0.341 e. The van der Waals surface area contributed by atoms with Crippen molar-refractivity contribution in [2.75, 3.05) is 0 Å². The van der Waals surface area contributed by atoms with Gasteiger partial charge in [-0.15, -0.1) is 10.2 Å². The van der Waals surface area contributed by atoms with Crippen molar-refractivity contribution >= 4 is 0 Å². The molecule has 0 saturated carbocycles. The van der Waals surface area contributed by atoms with Crippen molar-refractivity contribution < 1.29 is 0 Å². The molecule has 6 heteroatoms. The number of aromatic nitrogens is 5. The summed E-state index contributed by atoms with van der Waals surface area (Å²) in [6.45, 7) is 2.77. The number of rotatable bonds is 2. The molecule has 3 rings (SSSR count). The molecule has 17 heavy (non-hydrogen) atoms. The van der Waals surface area contributed by atoms with E-state index in [9.17, 15) is 0 Å². The Hall–Kier alpha value is -1.69. The quantitative estimate of drug-likeness (QED) is 0.798. The predicted molar refractivity (Wildman–Crippen MR) is 62.3 cm³/mol. The summed E-state index contributed by atoms with van der Waals surface area (Å²) in [4.78, 5) is 0. The second-order valence-electron chi connectivity index (χ2n) is 4.60. The molecule has 0 aromatic carbocycles. The number of hydrogen-bond acceptors (Lipinski definition) is 4. The summed E-state index contributed by atoms with van der Waals surface area (Å²) in [5.41, 5.74) is 9.99. The van der Waals surface area contributed by atoms with Gasteiger partial charge in [-0.25, -0.2) is 0 Å². The minimum Gasteiger partial charge on any atom is -0.341 e. The first-order chi connectivity index (χ1) is 8.25. The number of fused-ring (bicyclic) bond motifs is 1. The highest BCUT2D eigenvalue weighted by molar-refractivity contribution is 5.32. The lowest BCUT2D eigenvalue weighted by molar-refractivity contribution is 0.543. The predicted octanol–water partition coefficient (Wildman–Crippen LogP) is 0.694. The van der Waals surface area contributed by atoms with E-state index in [1.165, 1.54) is 17.0 Å². The van der Waals surface area contributed by atoms with E-state index in [2.05, 4.69) is 38.2 Å². The topological polar surface area (TPSA) is 85.4 Å². The van der Waals surface area contributed by atoms with Crippen LogP contribution in [0.2, 0.25) is 0 Å². The summed E-state index contributed by atoms with van der Waals surface area (Å²) in [6, 6.07) is 2.38. The highest BCUT2D eigenvalue weighted by Crippen LogP contribution is 2.30.